The Hall–Kier alpha value is -1.00. The molecule has 1 aromatic carbocycles. The molecule has 0 fully saturated rings. The van der Waals surface area contributed by atoms with Gasteiger partial charge in [-0.05, 0) is 43.0 Å². The highest BCUT2D eigenvalue weighted by Gasteiger charge is 2.15. The number of rotatable bonds is 9. The first-order valence-electron chi connectivity index (χ1n) is 7.23. The fraction of sp³-hybridized carbons (Fsp3) is 0.562. The normalized spacial score (nSPS) is 12.6. The Bertz CT molecular complexity index is 403. The second-order valence-corrected chi connectivity index (χ2v) is 6.37. The average Bonchev–Trinajstić information content (AvgIpc) is 2.42. The van der Waals surface area contributed by atoms with Crippen LogP contribution in [0.5, 0.6) is 0 Å². The van der Waals surface area contributed by atoms with E-state index in [9.17, 15) is 4.79 Å². The molecule has 0 heterocycles. The largest absolute Gasteiger partial charge is 0.480 e. The van der Waals surface area contributed by atoms with Gasteiger partial charge < -0.3 is 10.4 Å². The summed E-state index contributed by atoms with van der Waals surface area (Å²) in [6.45, 7) is 7.15. The number of hydrogen-bond donors (Lipinski definition) is 2. The van der Waals surface area contributed by atoms with Gasteiger partial charge in [-0.1, -0.05) is 32.9 Å². The molecule has 0 aliphatic heterocycles. The van der Waals surface area contributed by atoms with Crippen LogP contribution in [0.1, 0.15) is 45.1 Å². The lowest BCUT2D eigenvalue weighted by Crippen LogP contribution is -2.37. The van der Waals surface area contributed by atoms with Crippen LogP contribution in [0.3, 0.4) is 0 Å². The third-order valence-corrected chi connectivity index (χ3v) is 4.21. The van der Waals surface area contributed by atoms with E-state index in [-0.39, 0.29) is 0 Å². The predicted molar refractivity (Wildman–Crippen MR) is 85.6 cm³/mol. The molecule has 112 valence electrons. The quantitative estimate of drug-likeness (QED) is 0.681. The maximum atomic E-state index is 11.1. The Labute approximate surface area is 126 Å². The summed E-state index contributed by atoms with van der Waals surface area (Å²) in [7, 11) is 0. The van der Waals surface area contributed by atoms with Crippen molar-refractivity contribution in [1.29, 1.82) is 0 Å². The molecule has 0 saturated heterocycles. The Morgan fingerprint density at radius 3 is 2.45 bits per heavy atom. The van der Waals surface area contributed by atoms with Crippen LogP contribution in [-0.4, -0.2) is 29.4 Å². The maximum Gasteiger partial charge on any atom is 0.320 e. The number of hydrogen-bond acceptors (Lipinski definition) is 3. The molecule has 0 aliphatic rings. The van der Waals surface area contributed by atoms with Crippen molar-refractivity contribution in [2.24, 2.45) is 0 Å². The monoisotopic (exact) mass is 295 g/mol. The Morgan fingerprint density at radius 2 is 1.95 bits per heavy atom. The van der Waals surface area contributed by atoms with Gasteiger partial charge in [0.15, 0.2) is 0 Å². The highest BCUT2D eigenvalue weighted by Crippen LogP contribution is 2.22. The van der Waals surface area contributed by atoms with E-state index < -0.39 is 12.0 Å². The maximum absolute atomic E-state index is 11.1. The zero-order valence-electron chi connectivity index (χ0n) is 12.6. The summed E-state index contributed by atoms with van der Waals surface area (Å²) >= 11 is 1.72. The van der Waals surface area contributed by atoms with Crippen molar-refractivity contribution in [2.45, 2.75) is 50.5 Å². The molecule has 1 rings (SSSR count). The van der Waals surface area contributed by atoms with E-state index in [1.165, 1.54) is 10.5 Å². The van der Waals surface area contributed by atoms with Crippen LogP contribution < -0.4 is 5.32 Å². The van der Waals surface area contributed by atoms with Crippen LogP contribution in [0.15, 0.2) is 29.2 Å². The fourth-order valence-corrected chi connectivity index (χ4v) is 2.79. The highest BCUT2D eigenvalue weighted by molar-refractivity contribution is 7.99. The molecule has 3 nitrogen and oxygen atoms in total. The minimum absolute atomic E-state index is 0.433. The SMILES string of the molecule is CCCNC(CCSc1ccc(C(C)C)cc1)C(=O)O. The molecule has 2 N–H and O–H groups in total. The molecule has 0 amide bonds. The Kier molecular flexibility index (Phi) is 7.70. The van der Waals surface area contributed by atoms with Crippen LogP contribution in [-0.2, 0) is 4.79 Å². The second kappa shape index (κ2) is 9.03. The van der Waals surface area contributed by atoms with E-state index in [0.29, 0.717) is 12.3 Å². The van der Waals surface area contributed by atoms with Crippen LogP contribution in [0, 0.1) is 0 Å². The molecule has 0 saturated carbocycles. The van der Waals surface area contributed by atoms with Gasteiger partial charge in [0, 0.05) is 10.6 Å². The lowest BCUT2D eigenvalue weighted by molar-refractivity contribution is -0.139. The van der Waals surface area contributed by atoms with Gasteiger partial charge in [0.05, 0.1) is 0 Å². The summed E-state index contributed by atoms with van der Waals surface area (Å²) in [5.41, 5.74) is 1.34. The van der Waals surface area contributed by atoms with Crippen molar-refractivity contribution in [3.8, 4) is 0 Å². The Balaban J connectivity index is 2.40. The smallest absolute Gasteiger partial charge is 0.320 e. The first-order chi connectivity index (χ1) is 9.54. The van der Waals surface area contributed by atoms with Gasteiger partial charge in [0.25, 0.3) is 0 Å². The van der Waals surface area contributed by atoms with Crippen molar-refractivity contribution in [1.82, 2.24) is 5.32 Å². The van der Waals surface area contributed by atoms with Crippen LogP contribution in [0.4, 0.5) is 0 Å². The van der Waals surface area contributed by atoms with Crippen molar-refractivity contribution >= 4 is 17.7 Å². The number of carboxylic acids is 1. The number of aliphatic carboxylic acids is 1. The molecule has 1 unspecified atom stereocenters. The highest BCUT2D eigenvalue weighted by atomic mass is 32.2. The van der Waals surface area contributed by atoms with Gasteiger partial charge in [0.2, 0.25) is 0 Å². The van der Waals surface area contributed by atoms with Gasteiger partial charge in [0.1, 0.15) is 6.04 Å². The number of thioether (sulfide) groups is 1. The summed E-state index contributed by atoms with van der Waals surface area (Å²) in [6, 6.07) is 8.11. The molecule has 20 heavy (non-hydrogen) atoms. The van der Waals surface area contributed by atoms with Crippen molar-refractivity contribution in [3.63, 3.8) is 0 Å². The van der Waals surface area contributed by atoms with E-state index in [0.717, 1.165) is 18.7 Å². The lowest BCUT2D eigenvalue weighted by atomic mass is 10.0. The molecule has 0 spiro atoms. The fourth-order valence-electron chi connectivity index (χ4n) is 1.87. The molecule has 0 aliphatic carbocycles. The van der Waals surface area contributed by atoms with Crippen molar-refractivity contribution < 1.29 is 9.90 Å². The van der Waals surface area contributed by atoms with Gasteiger partial charge in [-0.15, -0.1) is 11.8 Å². The molecule has 4 heteroatoms. The van der Waals surface area contributed by atoms with E-state index in [4.69, 9.17) is 5.11 Å². The first-order valence-corrected chi connectivity index (χ1v) is 8.22. The Morgan fingerprint density at radius 1 is 1.30 bits per heavy atom. The molecule has 0 aromatic heterocycles. The summed E-state index contributed by atoms with van der Waals surface area (Å²) in [5.74, 6) is 0.604. The van der Waals surface area contributed by atoms with Crippen molar-refractivity contribution in [2.75, 3.05) is 12.3 Å². The molecular formula is C16H25NO2S. The number of carbonyl (C=O) groups is 1. The summed E-state index contributed by atoms with van der Waals surface area (Å²) in [4.78, 5) is 12.3. The zero-order valence-corrected chi connectivity index (χ0v) is 13.4. The van der Waals surface area contributed by atoms with E-state index in [2.05, 4.69) is 43.4 Å². The summed E-state index contributed by atoms with van der Waals surface area (Å²) < 4.78 is 0. The molecular weight excluding hydrogens is 270 g/mol. The predicted octanol–water partition coefficient (Wildman–Crippen LogP) is 3.75. The van der Waals surface area contributed by atoms with E-state index in [1.54, 1.807) is 11.8 Å². The molecule has 0 radical (unpaired) electrons. The number of carboxylic acid groups (broad SMARTS) is 1. The molecule has 1 aromatic rings. The minimum atomic E-state index is -0.755. The average molecular weight is 295 g/mol. The third kappa shape index (κ3) is 5.97. The van der Waals surface area contributed by atoms with Crippen LogP contribution in [0.25, 0.3) is 0 Å². The van der Waals surface area contributed by atoms with Crippen molar-refractivity contribution in [3.05, 3.63) is 29.8 Å². The minimum Gasteiger partial charge on any atom is -0.480 e. The molecule has 1 atom stereocenters. The van der Waals surface area contributed by atoms with Crippen LogP contribution in [0.2, 0.25) is 0 Å². The second-order valence-electron chi connectivity index (χ2n) is 5.21. The summed E-state index contributed by atoms with van der Waals surface area (Å²) in [5, 5.41) is 12.2. The van der Waals surface area contributed by atoms with Crippen LogP contribution >= 0.6 is 11.8 Å². The van der Waals surface area contributed by atoms with Gasteiger partial charge in [-0.3, -0.25) is 4.79 Å². The van der Waals surface area contributed by atoms with Gasteiger partial charge in [-0.2, -0.15) is 0 Å². The summed E-state index contributed by atoms with van der Waals surface area (Å²) in [6.07, 6.45) is 1.60. The van der Waals surface area contributed by atoms with Gasteiger partial charge in [-0.25, -0.2) is 0 Å². The zero-order chi connectivity index (χ0) is 15.0. The van der Waals surface area contributed by atoms with Gasteiger partial charge >= 0.3 is 5.97 Å². The topological polar surface area (TPSA) is 49.3 Å². The van der Waals surface area contributed by atoms with E-state index >= 15 is 0 Å². The van der Waals surface area contributed by atoms with E-state index in [1.807, 2.05) is 6.92 Å². The lowest BCUT2D eigenvalue weighted by Gasteiger charge is -2.13. The number of nitrogens with one attached hydrogen (secondary N) is 1. The number of benzene rings is 1. The molecule has 0 bridgehead atoms. The standard InChI is InChI=1S/C16H25NO2S/c1-4-10-17-15(16(18)19)9-11-20-14-7-5-13(6-8-14)12(2)3/h5-8,12,15,17H,4,9-11H2,1-3H3,(H,18,19). The first kappa shape index (κ1) is 17.1. The third-order valence-electron chi connectivity index (χ3n) is 3.16.